The molecule has 1 aliphatic carbocycles. The third-order valence-electron chi connectivity index (χ3n) is 5.31. The first-order valence-electron chi connectivity index (χ1n) is 10.1. The average Bonchev–Trinajstić information content (AvgIpc) is 2.97. The molecule has 1 saturated carbocycles. The quantitative estimate of drug-likeness (QED) is 0.585. The first-order chi connectivity index (χ1) is 13.9. The third-order valence-corrected chi connectivity index (χ3v) is 6.96. The summed E-state index contributed by atoms with van der Waals surface area (Å²) in [4.78, 5) is 12.6. The molecule has 0 heterocycles. The molecule has 0 unspecified atom stereocenters. The highest BCUT2D eigenvalue weighted by molar-refractivity contribution is 7.92. The Morgan fingerprint density at radius 2 is 1.69 bits per heavy atom. The molecular formula is C22H27ClN2O3S. The summed E-state index contributed by atoms with van der Waals surface area (Å²) in [6.45, 7) is 0.643. The molecule has 0 saturated heterocycles. The minimum absolute atomic E-state index is 0.111. The largest absolute Gasteiger partial charge is 0.352 e. The van der Waals surface area contributed by atoms with Crippen molar-refractivity contribution in [3.63, 3.8) is 0 Å². The Hall–Kier alpha value is -2.05. The monoisotopic (exact) mass is 434 g/mol. The number of benzene rings is 2. The van der Waals surface area contributed by atoms with Crippen LogP contribution in [0.25, 0.3) is 0 Å². The van der Waals surface area contributed by atoms with Crippen LogP contribution in [-0.2, 0) is 10.0 Å². The molecule has 7 heteroatoms. The van der Waals surface area contributed by atoms with E-state index in [0.29, 0.717) is 28.7 Å². The van der Waals surface area contributed by atoms with Crippen LogP contribution < -0.4 is 10.0 Å². The number of nitrogens with one attached hydrogen (secondary N) is 2. The van der Waals surface area contributed by atoms with Gasteiger partial charge in [0, 0.05) is 22.8 Å². The maximum absolute atomic E-state index is 12.5. The molecule has 0 aromatic heterocycles. The van der Waals surface area contributed by atoms with E-state index in [1.807, 2.05) is 0 Å². The van der Waals surface area contributed by atoms with Crippen molar-refractivity contribution >= 4 is 33.2 Å². The molecule has 0 radical (unpaired) electrons. The maximum Gasteiger partial charge on any atom is 0.261 e. The molecule has 0 atom stereocenters. The van der Waals surface area contributed by atoms with Gasteiger partial charge in [-0.25, -0.2) is 8.42 Å². The maximum atomic E-state index is 12.5. The highest BCUT2D eigenvalue weighted by atomic mass is 35.5. The van der Waals surface area contributed by atoms with Crippen molar-refractivity contribution in [2.45, 2.75) is 49.8 Å². The van der Waals surface area contributed by atoms with Crippen LogP contribution in [0.1, 0.15) is 55.3 Å². The van der Waals surface area contributed by atoms with Gasteiger partial charge < -0.3 is 5.32 Å². The SMILES string of the molecule is O=C(NCCC1CCCCCC1)c1cccc(NS(=O)(=O)c2ccc(Cl)cc2)c1. The lowest BCUT2D eigenvalue weighted by atomic mass is 9.97. The Labute approximate surface area is 177 Å². The van der Waals surface area contributed by atoms with Crippen LogP contribution in [-0.4, -0.2) is 20.9 Å². The van der Waals surface area contributed by atoms with Crippen LogP contribution in [0.15, 0.2) is 53.4 Å². The van der Waals surface area contributed by atoms with Crippen LogP contribution in [0.3, 0.4) is 0 Å². The van der Waals surface area contributed by atoms with Gasteiger partial charge in [-0.3, -0.25) is 9.52 Å². The first-order valence-corrected chi connectivity index (χ1v) is 12.0. The van der Waals surface area contributed by atoms with E-state index in [1.54, 1.807) is 24.3 Å². The predicted octanol–water partition coefficient (Wildman–Crippen LogP) is 5.23. The molecule has 1 fully saturated rings. The Morgan fingerprint density at radius 1 is 1.00 bits per heavy atom. The smallest absolute Gasteiger partial charge is 0.261 e. The summed E-state index contributed by atoms with van der Waals surface area (Å²) >= 11 is 5.82. The first kappa shape index (κ1) is 21.7. The number of hydrogen-bond acceptors (Lipinski definition) is 3. The zero-order valence-corrected chi connectivity index (χ0v) is 17.9. The number of carbonyl (C=O) groups excluding carboxylic acids is 1. The van der Waals surface area contributed by atoms with E-state index in [1.165, 1.54) is 62.8 Å². The van der Waals surface area contributed by atoms with Gasteiger partial charge in [-0.05, 0) is 54.8 Å². The topological polar surface area (TPSA) is 75.3 Å². The summed E-state index contributed by atoms with van der Waals surface area (Å²) in [6, 6.07) is 12.4. The Bertz CT molecular complexity index is 921. The van der Waals surface area contributed by atoms with Gasteiger partial charge in [-0.2, -0.15) is 0 Å². The number of rotatable bonds is 7. The Kier molecular flexibility index (Phi) is 7.56. The average molecular weight is 435 g/mol. The predicted molar refractivity (Wildman–Crippen MR) is 117 cm³/mol. The fourth-order valence-electron chi connectivity index (χ4n) is 3.70. The summed E-state index contributed by atoms with van der Waals surface area (Å²) < 4.78 is 27.5. The van der Waals surface area contributed by atoms with E-state index in [9.17, 15) is 13.2 Å². The second-order valence-corrected chi connectivity index (χ2v) is 9.66. The van der Waals surface area contributed by atoms with Crippen molar-refractivity contribution in [3.8, 4) is 0 Å². The van der Waals surface area contributed by atoms with Crippen LogP contribution in [0.5, 0.6) is 0 Å². The van der Waals surface area contributed by atoms with Crippen molar-refractivity contribution in [3.05, 3.63) is 59.1 Å². The molecule has 3 rings (SSSR count). The second-order valence-electron chi connectivity index (χ2n) is 7.54. The molecule has 0 aliphatic heterocycles. The van der Waals surface area contributed by atoms with E-state index in [2.05, 4.69) is 10.0 Å². The van der Waals surface area contributed by atoms with E-state index >= 15 is 0 Å². The Balaban J connectivity index is 1.58. The van der Waals surface area contributed by atoms with Gasteiger partial charge in [-0.15, -0.1) is 0 Å². The van der Waals surface area contributed by atoms with E-state index in [0.717, 1.165) is 6.42 Å². The minimum Gasteiger partial charge on any atom is -0.352 e. The van der Waals surface area contributed by atoms with Gasteiger partial charge >= 0.3 is 0 Å². The van der Waals surface area contributed by atoms with Crippen molar-refractivity contribution in [1.82, 2.24) is 5.32 Å². The molecular weight excluding hydrogens is 408 g/mol. The number of carbonyl (C=O) groups is 1. The number of hydrogen-bond donors (Lipinski definition) is 2. The fourth-order valence-corrected chi connectivity index (χ4v) is 4.87. The molecule has 29 heavy (non-hydrogen) atoms. The summed E-state index contributed by atoms with van der Waals surface area (Å²) in [5, 5.41) is 3.43. The van der Waals surface area contributed by atoms with Gasteiger partial charge in [0.05, 0.1) is 4.90 Å². The molecule has 2 aromatic carbocycles. The second kappa shape index (κ2) is 10.1. The summed E-state index contributed by atoms with van der Waals surface area (Å²) in [7, 11) is -3.75. The van der Waals surface area contributed by atoms with Crippen molar-refractivity contribution < 1.29 is 13.2 Å². The van der Waals surface area contributed by atoms with Gasteiger partial charge in [0.2, 0.25) is 0 Å². The molecule has 2 N–H and O–H groups in total. The van der Waals surface area contributed by atoms with E-state index in [-0.39, 0.29) is 10.8 Å². The fraction of sp³-hybridized carbons (Fsp3) is 0.409. The minimum atomic E-state index is -3.75. The van der Waals surface area contributed by atoms with Gasteiger partial charge in [0.1, 0.15) is 0 Å². The molecule has 1 aliphatic rings. The molecule has 2 aromatic rings. The highest BCUT2D eigenvalue weighted by Gasteiger charge is 2.16. The van der Waals surface area contributed by atoms with Gasteiger partial charge in [-0.1, -0.05) is 56.2 Å². The number of anilines is 1. The van der Waals surface area contributed by atoms with E-state index < -0.39 is 10.0 Å². The van der Waals surface area contributed by atoms with Gasteiger partial charge in [0.25, 0.3) is 15.9 Å². The van der Waals surface area contributed by atoms with Crippen LogP contribution >= 0.6 is 11.6 Å². The number of sulfonamides is 1. The lowest BCUT2D eigenvalue weighted by Gasteiger charge is -2.14. The lowest BCUT2D eigenvalue weighted by molar-refractivity contribution is 0.0951. The van der Waals surface area contributed by atoms with Crippen molar-refractivity contribution in [1.29, 1.82) is 0 Å². The van der Waals surface area contributed by atoms with Gasteiger partial charge in [0.15, 0.2) is 0 Å². The standard InChI is InChI=1S/C22H27ClN2O3S/c23-19-10-12-21(13-11-19)29(27,28)25-20-9-5-8-18(16-20)22(26)24-15-14-17-6-3-1-2-4-7-17/h5,8-13,16-17,25H,1-4,6-7,14-15H2,(H,24,26). The number of amides is 1. The highest BCUT2D eigenvalue weighted by Crippen LogP contribution is 2.25. The van der Waals surface area contributed by atoms with Crippen molar-refractivity contribution in [2.24, 2.45) is 5.92 Å². The van der Waals surface area contributed by atoms with Crippen LogP contribution in [0.4, 0.5) is 5.69 Å². The molecule has 0 bridgehead atoms. The zero-order valence-electron chi connectivity index (χ0n) is 16.4. The molecule has 1 amide bonds. The summed E-state index contributed by atoms with van der Waals surface area (Å²) in [5.41, 5.74) is 0.776. The molecule has 0 spiro atoms. The van der Waals surface area contributed by atoms with Crippen LogP contribution in [0.2, 0.25) is 5.02 Å². The zero-order chi connectivity index (χ0) is 20.7. The van der Waals surface area contributed by atoms with Crippen molar-refractivity contribution in [2.75, 3.05) is 11.3 Å². The third kappa shape index (κ3) is 6.47. The van der Waals surface area contributed by atoms with E-state index in [4.69, 9.17) is 11.6 Å². The normalized spacial score (nSPS) is 15.5. The Morgan fingerprint density at radius 3 is 2.38 bits per heavy atom. The molecule has 156 valence electrons. The lowest BCUT2D eigenvalue weighted by Crippen LogP contribution is -2.26. The number of halogens is 1. The summed E-state index contributed by atoms with van der Waals surface area (Å²) in [5.74, 6) is 0.501. The van der Waals surface area contributed by atoms with Crippen LogP contribution in [0, 0.1) is 5.92 Å². The summed E-state index contributed by atoms with van der Waals surface area (Å²) in [6.07, 6.45) is 8.70. The molecule has 5 nitrogen and oxygen atoms in total.